The lowest BCUT2D eigenvalue weighted by atomic mass is 10.1. The van der Waals surface area contributed by atoms with Crippen molar-refractivity contribution in [2.24, 2.45) is 0 Å². The van der Waals surface area contributed by atoms with Crippen LogP contribution in [-0.4, -0.2) is 30.0 Å². The summed E-state index contributed by atoms with van der Waals surface area (Å²) in [5, 5.41) is 3.72. The summed E-state index contributed by atoms with van der Waals surface area (Å²) in [6, 6.07) is 22.0. The standard InChI is InChI=1S/C26H21ClN4O3S2/c1-17-20(27)11-7-12-21(17)29-24(32)16-35-26-28-14-23-25(30-26)19-10-5-6-13-22(19)31(36(23,33)34)15-18-8-3-2-4-9-18/h2-14H,15-16H2,1H3,(H,29,32). The van der Waals surface area contributed by atoms with E-state index in [0.29, 0.717) is 32.8 Å². The second-order valence-corrected chi connectivity index (χ2v) is 11.3. The molecule has 0 fully saturated rings. The molecule has 0 atom stereocenters. The number of para-hydroxylation sites is 1. The minimum Gasteiger partial charge on any atom is -0.325 e. The monoisotopic (exact) mass is 536 g/mol. The number of aromatic nitrogens is 2. The van der Waals surface area contributed by atoms with E-state index < -0.39 is 10.0 Å². The quantitative estimate of drug-likeness (QED) is 0.257. The molecule has 1 N–H and O–H groups in total. The number of nitrogens with zero attached hydrogens (tertiary/aromatic N) is 3. The van der Waals surface area contributed by atoms with Crippen molar-refractivity contribution in [2.45, 2.75) is 23.5 Å². The molecule has 0 aliphatic carbocycles. The van der Waals surface area contributed by atoms with Crippen molar-refractivity contribution in [1.82, 2.24) is 9.97 Å². The molecule has 10 heteroatoms. The SMILES string of the molecule is Cc1c(Cl)cccc1NC(=O)CSc1ncc2c(n1)-c1ccccc1N(Cc1ccccc1)S2(=O)=O. The Labute approximate surface area is 218 Å². The average Bonchev–Trinajstić information content (AvgIpc) is 2.88. The van der Waals surface area contributed by atoms with Gasteiger partial charge in [-0.05, 0) is 36.2 Å². The number of nitrogens with one attached hydrogen (secondary N) is 1. The number of carbonyl (C=O) groups excluding carboxylic acids is 1. The molecule has 3 aromatic carbocycles. The van der Waals surface area contributed by atoms with Crippen LogP contribution in [0.2, 0.25) is 5.02 Å². The first kappa shape index (κ1) is 24.3. The van der Waals surface area contributed by atoms with Crippen LogP contribution in [0.5, 0.6) is 0 Å². The lowest BCUT2D eigenvalue weighted by Crippen LogP contribution is -2.34. The van der Waals surface area contributed by atoms with Gasteiger partial charge >= 0.3 is 0 Å². The zero-order valence-electron chi connectivity index (χ0n) is 19.2. The van der Waals surface area contributed by atoms with Crippen LogP contribution in [0.25, 0.3) is 11.3 Å². The van der Waals surface area contributed by atoms with Gasteiger partial charge in [-0.25, -0.2) is 18.4 Å². The number of amides is 1. The fourth-order valence-electron chi connectivity index (χ4n) is 3.92. The number of rotatable bonds is 6. The predicted octanol–water partition coefficient (Wildman–Crippen LogP) is 5.55. The van der Waals surface area contributed by atoms with Crippen LogP contribution < -0.4 is 9.62 Å². The van der Waals surface area contributed by atoms with Gasteiger partial charge in [0.05, 0.1) is 29.9 Å². The third kappa shape index (κ3) is 4.69. The van der Waals surface area contributed by atoms with Gasteiger partial charge in [0.2, 0.25) is 5.91 Å². The van der Waals surface area contributed by atoms with Crippen molar-refractivity contribution in [3.8, 4) is 11.3 Å². The van der Waals surface area contributed by atoms with E-state index in [2.05, 4.69) is 15.3 Å². The summed E-state index contributed by atoms with van der Waals surface area (Å²) in [5.74, 6) is -0.187. The topological polar surface area (TPSA) is 92.3 Å². The molecular weight excluding hydrogens is 516 g/mol. The number of halogens is 1. The van der Waals surface area contributed by atoms with E-state index in [0.717, 1.165) is 22.9 Å². The molecule has 36 heavy (non-hydrogen) atoms. The molecular formula is C26H21ClN4O3S2. The summed E-state index contributed by atoms with van der Waals surface area (Å²) in [6.07, 6.45) is 1.33. The first-order chi connectivity index (χ1) is 17.3. The zero-order valence-corrected chi connectivity index (χ0v) is 21.6. The highest BCUT2D eigenvalue weighted by atomic mass is 35.5. The summed E-state index contributed by atoms with van der Waals surface area (Å²) in [7, 11) is -3.88. The van der Waals surface area contributed by atoms with Crippen molar-refractivity contribution in [3.05, 3.63) is 95.1 Å². The lowest BCUT2D eigenvalue weighted by molar-refractivity contribution is -0.113. The van der Waals surface area contributed by atoms with Gasteiger partial charge in [0.25, 0.3) is 10.0 Å². The van der Waals surface area contributed by atoms with Crippen LogP contribution in [0.4, 0.5) is 11.4 Å². The molecule has 1 amide bonds. The molecule has 4 aromatic rings. The molecule has 0 spiro atoms. The van der Waals surface area contributed by atoms with Crippen LogP contribution in [0.1, 0.15) is 11.1 Å². The molecule has 1 aliphatic rings. The summed E-state index contributed by atoms with van der Waals surface area (Å²) < 4.78 is 28.5. The first-order valence-corrected chi connectivity index (χ1v) is 13.9. The molecule has 0 saturated carbocycles. The fraction of sp³-hybridized carbons (Fsp3) is 0.115. The van der Waals surface area contributed by atoms with Gasteiger partial charge in [-0.3, -0.25) is 9.10 Å². The molecule has 0 unspecified atom stereocenters. The molecule has 2 heterocycles. The summed E-state index contributed by atoms with van der Waals surface area (Å²) in [5.41, 5.74) is 3.87. The van der Waals surface area contributed by atoms with Crippen molar-refractivity contribution in [2.75, 3.05) is 15.4 Å². The Bertz CT molecular complexity index is 1560. The molecule has 1 aromatic heterocycles. The van der Waals surface area contributed by atoms with Crippen molar-refractivity contribution < 1.29 is 13.2 Å². The lowest BCUT2D eigenvalue weighted by Gasteiger charge is -2.31. The van der Waals surface area contributed by atoms with Crippen LogP contribution in [0.15, 0.2) is 89.0 Å². The summed E-state index contributed by atoms with van der Waals surface area (Å²) in [4.78, 5) is 21.4. The van der Waals surface area contributed by atoms with Gasteiger partial charge in [-0.2, -0.15) is 0 Å². The van der Waals surface area contributed by atoms with Crippen molar-refractivity contribution in [3.63, 3.8) is 0 Å². The van der Waals surface area contributed by atoms with Gasteiger partial charge in [0, 0.05) is 16.3 Å². The molecule has 1 aliphatic heterocycles. The van der Waals surface area contributed by atoms with E-state index in [9.17, 15) is 13.2 Å². The van der Waals surface area contributed by atoms with E-state index in [1.54, 1.807) is 30.3 Å². The number of hydrogen-bond acceptors (Lipinski definition) is 6. The van der Waals surface area contributed by atoms with Crippen molar-refractivity contribution >= 4 is 50.7 Å². The smallest absolute Gasteiger partial charge is 0.268 e. The van der Waals surface area contributed by atoms with E-state index in [1.807, 2.05) is 49.4 Å². The van der Waals surface area contributed by atoms with E-state index in [-0.39, 0.29) is 23.1 Å². The minimum absolute atomic E-state index is 0.0421. The molecule has 7 nitrogen and oxygen atoms in total. The third-order valence-electron chi connectivity index (χ3n) is 5.77. The number of sulfonamides is 1. The van der Waals surface area contributed by atoms with Gasteiger partial charge in [0.15, 0.2) is 5.16 Å². The molecule has 5 rings (SSSR count). The Morgan fingerprint density at radius 1 is 1.03 bits per heavy atom. The number of fused-ring (bicyclic) bond motifs is 3. The van der Waals surface area contributed by atoms with Gasteiger partial charge < -0.3 is 5.32 Å². The maximum atomic E-state index is 13.6. The highest BCUT2D eigenvalue weighted by Crippen LogP contribution is 2.42. The van der Waals surface area contributed by atoms with E-state index >= 15 is 0 Å². The second-order valence-electron chi connectivity index (χ2n) is 8.13. The predicted molar refractivity (Wildman–Crippen MR) is 143 cm³/mol. The van der Waals surface area contributed by atoms with Crippen molar-refractivity contribution in [1.29, 1.82) is 0 Å². The Hall–Kier alpha value is -3.40. The van der Waals surface area contributed by atoms with Crippen LogP contribution >= 0.6 is 23.4 Å². The summed E-state index contributed by atoms with van der Waals surface area (Å²) >= 11 is 7.26. The van der Waals surface area contributed by atoms with Crippen LogP contribution in [-0.2, 0) is 21.4 Å². The minimum atomic E-state index is -3.88. The van der Waals surface area contributed by atoms with Gasteiger partial charge in [-0.1, -0.05) is 78.0 Å². The average molecular weight is 537 g/mol. The second kappa shape index (κ2) is 9.93. The number of anilines is 2. The van der Waals surface area contributed by atoms with Gasteiger partial charge in [0.1, 0.15) is 4.90 Å². The third-order valence-corrected chi connectivity index (χ3v) is 8.80. The maximum absolute atomic E-state index is 13.6. The Morgan fingerprint density at radius 3 is 2.58 bits per heavy atom. The number of hydrogen-bond donors (Lipinski definition) is 1. The largest absolute Gasteiger partial charge is 0.325 e. The maximum Gasteiger partial charge on any atom is 0.268 e. The molecule has 0 radical (unpaired) electrons. The number of thioether (sulfide) groups is 1. The fourth-order valence-corrected chi connectivity index (χ4v) is 6.27. The Kier molecular flexibility index (Phi) is 6.70. The van der Waals surface area contributed by atoms with Gasteiger partial charge in [-0.15, -0.1) is 0 Å². The van der Waals surface area contributed by atoms with E-state index in [4.69, 9.17) is 11.6 Å². The first-order valence-electron chi connectivity index (χ1n) is 11.1. The molecule has 0 bridgehead atoms. The normalized spacial score (nSPS) is 13.6. The zero-order chi connectivity index (χ0) is 25.3. The van der Waals surface area contributed by atoms with E-state index in [1.165, 1.54) is 10.5 Å². The Balaban J connectivity index is 1.41. The van der Waals surface area contributed by atoms with Crippen LogP contribution in [0, 0.1) is 6.92 Å². The highest BCUT2D eigenvalue weighted by Gasteiger charge is 2.36. The molecule has 182 valence electrons. The Morgan fingerprint density at radius 2 is 1.78 bits per heavy atom. The van der Waals surface area contributed by atoms with Crippen LogP contribution in [0.3, 0.4) is 0 Å². The summed E-state index contributed by atoms with van der Waals surface area (Å²) in [6.45, 7) is 2.02. The highest BCUT2D eigenvalue weighted by molar-refractivity contribution is 7.99. The molecule has 0 saturated heterocycles. The number of benzene rings is 3. The number of carbonyl (C=O) groups is 1.